The fraction of sp³-hybridized carbons (Fsp3) is 0.278. The van der Waals surface area contributed by atoms with Crippen LogP contribution in [0.25, 0.3) is 0 Å². The van der Waals surface area contributed by atoms with E-state index in [0.29, 0.717) is 25.4 Å². The molecule has 0 radical (unpaired) electrons. The second-order valence-electron chi connectivity index (χ2n) is 5.05. The summed E-state index contributed by atoms with van der Waals surface area (Å²) in [5, 5.41) is 20.0. The van der Waals surface area contributed by atoms with Crippen LogP contribution < -0.4 is 15.0 Å². The molecule has 1 heterocycles. The van der Waals surface area contributed by atoms with Crippen LogP contribution in [0.5, 0.6) is 5.75 Å². The molecule has 0 spiro atoms. The van der Waals surface area contributed by atoms with E-state index in [1.54, 1.807) is 43.4 Å². The SMILES string of the molecule is COc1ccc(SCCOCCNC(=N)N(C#N)c2ccncc2)cc1. The number of aromatic nitrogens is 1. The zero-order valence-electron chi connectivity index (χ0n) is 14.5. The predicted molar refractivity (Wildman–Crippen MR) is 103 cm³/mol. The van der Waals surface area contributed by atoms with Crippen LogP contribution in [0, 0.1) is 16.9 Å². The number of pyridine rings is 1. The van der Waals surface area contributed by atoms with E-state index in [0.717, 1.165) is 16.4 Å². The van der Waals surface area contributed by atoms with Gasteiger partial charge >= 0.3 is 0 Å². The van der Waals surface area contributed by atoms with Crippen LogP contribution in [0.1, 0.15) is 0 Å². The maximum absolute atomic E-state index is 9.20. The lowest BCUT2D eigenvalue weighted by atomic mass is 10.3. The lowest BCUT2D eigenvalue weighted by molar-refractivity contribution is 0.155. The van der Waals surface area contributed by atoms with E-state index < -0.39 is 0 Å². The average Bonchev–Trinajstić information content (AvgIpc) is 2.69. The van der Waals surface area contributed by atoms with Gasteiger partial charge in [0.1, 0.15) is 5.75 Å². The Hall–Kier alpha value is -2.76. The van der Waals surface area contributed by atoms with E-state index in [-0.39, 0.29) is 5.96 Å². The molecule has 0 aliphatic heterocycles. The Morgan fingerprint density at radius 1 is 1.23 bits per heavy atom. The van der Waals surface area contributed by atoms with Gasteiger partial charge in [0.2, 0.25) is 5.96 Å². The maximum atomic E-state index is 9.20. The molecule has 0 fully saturated rings. The molecule has 1 aromatic carbocycles. The molecule has 2 aromatic rings. The minimum absolute atomic E-state index is 0.00917. The van der Waals surface area contributed by atoms with E-state index in [2.05, 4.69) is 10.3 Å². The molecule has 1 aromatic heterocycles. The van der Waals surface area contributed by atoms with E-state index in [1.165, 1.54) is 4.90 Å². The zero-order valence-corrected chi connectivity index (χ0v) is 15.3. The number of ether oxygens (including phenoxy) is 2. The van der Waals surface area contributed by atoms with Crippen LogP contribution in [0.15, 0.2) is 53.7 Å². The molecule has 26 heavy (non-hydrogen) atoms. The van der Waals surface area contributed by atoms with Gasteiger partial charge in [0.15, 0.2) is 6.19 Å². The lowest BCUT2D eigenvalue weighted by Crippen LogP contribution is -2.39. The molecule has 0 saturated carbocycles. The third-order valence-electron chi connectivity index (χ3n) is 3.34. The second kappa shape index (κ2) is 11.0. The van der Waals surface area contributed by atoms with Crippen molar-refractivity contribution in [2.75, 3.05) is 37.5 Å². The predicted octanol–water partition coefficient (Wildman–Crippen LogP) is 2.71. The van der Waals surface area contributed by atoms with Crippen molar-refractivity contribution >= 4 is 23.4 Å². The van der Waals surface area contributed by atoms with Crippen LogP contribution in [0.4, 0.5) is 5.69 Å². The molecule has 2 N–H and O–H groups in total. The van der Waals surface area contributed by atoms with Crippen molar-refractivity contribution < 1.29 is 9.47 Å². The van der Waals surface area contributed by atoms with E-state index in [1.807, 2.05) is 30.5 Å². The van der Waals surface area contributed by atoms with Crippen molar-refractivity contribution in [2.24, 2.45) is 0 Å². The Bertz CT molecular complexity index is 719. The third kappa shape index (κ3) is 6.27. The van der Waals surface area contributed by atoms with Gasteiger partial charge in [0, 0.05) is 29.6 Å². The summed E-state index contributed by atoms with van der Waals surface area (Å²) in [4.78, 5) is 6.26. The molecule has 2 rings (SSSR count). The molecule has 136 valence electrons. The van der Waals surface area contributed by atoms with Crippen molar-refractivity contribution in [3.63, 3.8) is 0 Å². The van der Waals surface area contributed by atoms with Crippen molar-refractivity contribution in [1.82, 2.24) is 10.3 Å². The molecule has 0 aliphatic carbocycles. The van der Waals surface area contributed by atoms with Crippen molar-refractivity contribution in [3.8, 4) is 11.9 Å². The van der Waals surface area contributed by atoms with Crippen LogP contribution in [0.3, 0.4) is 0 Å². The number of benzene rings is 1. The van der Waals surface area contributed by atoms with Gasteiger partial charge in [-0.25, -0.2) is 4.90 Å². The summed E-state index contributed by atoms with van der Waals surface area (Å²) in [6.07, 6.45) is 5.13. The summed E-state index contributed by atoms with van der Waals surface area (Å²) in [6.45, 7) is 1.52. The summed E-state index contributed by atoms with van der Waals surface area (Å²) in [7, 11) is 1.65. The highest BCUT2D eigenvalue weighted by atomic mass is 32.2. The quantitative estimate of drug-likeness (QED) is 0.175. The first kappa shape index (κ1) is 19.6. The van der Waals surface area contributed by atoms with Gasteiger partial charge in [-0.3, -0.25) is 10.4 Å². The summed E-state index contributed by atoms with van der Waals surface area (Å²) in [5.41, 5.74) is 0.594. The van der Waals surface area contributed by atoms with Crippen LogP contribution in [-0.4, -0.2) is 43.6 Å². The first-order valence-corrected chi connectivity index (χ1v) is 9.00. The largest absolute Gasteiger partial charge is 0.497 e. The molecular weight excluding hydrogens is 350 g/mol. The molecule has 0 aliphatic rings. The Labute approximate surface area is 157 Å². The Morgan fingerprint density at radius 3 is 2.62 bits per heavy atom. The van der Waals surface area contributed by atoms with Gasteiger partial charge in [-0.05, 0) is 36.4 Å². The van der Waals surface area contributed by atoms with Crippen molar-refractivity contribution in [3.05, 3.63) is 48.8 Å². The highest BCUT2D eigenvalue weighted by Gasteiger charge is 2.10. The van der Waals surface area contributed by atoms with Crippen LogP contribution in [0.2, 0.25) is 0 Å². The van der Waals surface area contributed by atoms with E-state index in [9.17, 15) is 5.26 Å². The second-order valence-corrected chi connectivity index (χ2v) is 6.22. The number of nitrogens with zero attached hydrogens (tertiary/aromatic N) is 3. The monoisotopic (exact) mass is 371 g/mol. The molecule has 7 nitrogen and oxygen atoms in total. The molecule has 0 atom stereocenters. The Balaban J connectivity index is 1.59. The van der Waals surface area contributed by atoms with E-state index >= 15 is 0 Å². The fourth-order valence-corrected chi connectivity index (χ4v) is 2.81. The molecule has 0 amide bonds. The normalized spacial score (nSPS) is 10.0. The number of nitrogens with one attached hydrogen (secondary N) is 2. The highest BCUT2D eigenvalue weighted by molar-refractivity contribution is 7.99. The molecular formula is C18H21N5O2S. The minimum Gasteiger partial charge on any atom is -0.497 e. The Morgan fingerprint density at radius 2 is 1.96 bits per heavy atom. The number of anilines is 1. The summed E-state index contributed by atoms with van der Waals surface area (Å²) < 4.78 is 10.7. The number of hydrogen-bond acceptors (Lipinski definition) is 6. The number of rotatable bonds is 9. The van der Waals surface area contributed by atoms with Gasteiger partial charge in [0.25, 0.3) is 0 Å². The smallest absolute Gasteiger partial charge is 0.209 e. The molecule has 8 heteroatoms. The Kier molecular flexibility index (Phi) is 8.26. The number of thioether (sulfide) groups is 1. The molecule has 0 bridgehead atoms. The van der Waals surface area contributed by atoms with Gasteiger partial charge in [0.05, 0.1) is 26.0 Å². The van der Waals surface area contributed by atoms with Crippen molar-refractivity contribution in [1.29, 1.82) is 10.7 Å². The zero-order chi connectivity index (χ0) is 18.6. The third-order valence-corrected chi connectivity index (χ3v) is 4.32. The average molecular weight is 371 g/mol. The highest BCUT2D eigenvalue weighted by Crippen LogP contribution is 2.20. The molecule has 0 unspecified atom stereocenters. The minimum atomic E-state index is 0.00917. The van der Waals surface area contributed by atoms with Crippen LogP contribution >= 0.6 is 11.8 Å². The summed E-state index contributed by atoms with van der Waals surface area (Å²) in [6, 6.07) is 11.2. The van der Waals surface area contributed by atoms with Gasteiger partial charge < -0.3 is 14.8 Å². The number of guanidine groups is 1. The van der Waals surface area contributed by atoms with Crippen LogP contribution in [-0.2, 0) is 4.74 Å². The maximum Gasteiger partial charge on any atom is 0.209 e. The van der Waals surface area contributed by atoms with Crippen molar-refractivity contribution in [2.45, 2.75) is 4.90 Å². The number of nitriles is 1. The topological polar surface area (TPSA) is 94.3 Å². The first-order chi connectivity index (χ1) is 12.7. The molecule has 0 saturated heterocycles. The summed E-state index contributed by atoms with van der Waals surface area (Å²) >= 11 is 1.71. The van der Waals surface area contributed by atoms with E-state index in [4.69, 9.17) is 14.9 Å². The summed E-state index contributed by atoms with van der Waals surface area (Å²) in [5.74, 6) is 1.69. The fourth-order valence-electron chi connectivity index (χ4n) is 2.04. The van der Waals surface area contributed by atoms with Gasteiger partial charge in [-0.2, -0.15) is 5.26 Å². The number of hydrogen-bond donors (Lipinski definition) is 2. The number of methoxy groups -OCH3 is 1. The van der Waals surface area contributed by atoms with Gasteiger partial charge in [-0.15, -0.1) is 11.8 Å². The lowest BCUT2D eigenvalue weighted by Gasteiger charge is -2.17. The standard InChI is InChI=1S/C18H21N5O2S/c1-24-16-2-4-17(5-3-16)26-13-12-25-11-10-22-18(20)23(14-19)15-6-8-21-9-7-15/h2-9H,10-13H2,1H3,(H2,20,22). The van der Waals surface area contributed by atoms with Gasteiger partial charge in [-0.1, -0.05) is 0 Å². The first-order valence-electron chi connectivity index (χ1n) is 8.01.